The Morgan fingerprint density at radius 1 is 1.25 bits per heavy atom. The molecule has 20 heavy (non-hydrogen) atoms. The van der Waals surface area contributed by atoms with Crippen LogP contribution in [0.5, 0.6) is 0 Å². The summed E-state index contributed by atoms with van der Waals surface area (Å²) in [6, 6.07) is 6.23. The minimum atomic E-state index is 0.103. The molecule has 0 saturated carbocycles. The number of hydrogen-bond donors (Lipinski definition) is 1. The van der Waals surface area contributed by atoms with Gasteiger partial charge in [0.15, 0.2) is 0 Å². The maximum Gasteiger partial charge on any atom is 0.256 e. The van der Waals surface area contributed by atoms with Gasteiger partial charge in [-0.1, -0.05) is 18.6 Å². The molecular weight excluding hydrogens is 250 g/mol. The number of aryl methyl sites for hydroxylation is 1. The Kier molecular flexibility index (Phi) is 3.66. The van der Waals surface area contributed by atoms with Gasteiger partial charge in [-0.05, 0) is 37.9 Å². The van der Waals surface area contributed by atoms with Gasteiger partial charge in [-0.15, -0.1) is 0 Å². The predicted octanol–water partition coefficient (Wildman–Crippen LogP) is 1.89. The molecule has 1 aromatic carbocycles. The number of nitrogen functional groups attached to an aromatic ring is 1. The molecular formula is C16H23N3O. The lowest BCUT2D eigenvalue weighted by molar-refractivity contribution is 0.0373. The number of amides is 1. The second-order valence-electron chi connectivity index (χ2n) is 5.98. The van der Waals surface area contributed by atoms with Crippen LogP contribution in [-0.2, 0) is 0 Å². The monoisotopic (exact) mass is 273 g/mol. The van der Waals surface area contributed by atoms with Crippen LogP contribution in [0.2, 0.25) is 0 Å². The van der Waals surface area contributed by atoms with Gasteiger partial charge in [-0.3, -0.25) is 9.69 Å². The normalized spacial score (nSPS) is 23.4. The first-order valence-corrected chi connectivity index (χ1v) is 7.55. The number of nitrogens with two attached hydrogens (primary N) is 1. The molecule has 2 fully saturated rings. The lowest BCUT2D eigenvalue weighted by Gasteiger charge is -2.44. The third-order valence-electron chi connectivity index (χ3n) is 4.64. The highest BCUT2D eigenvalue weighted by Gasteiger charge is 2.32. The van der Waals surface area contributed by atoms with E-state index in [9.17, 15) is 4.79 Å². The van der Waals surface area contributed by atoms with Crippen molar-refractivity contribution in [3.63, 3.8) is 0 Å². The quantitative estimate of drug-likeness (QED) is 0.795. The van der Waals surface area contributed by atoms with Gasteiger partial charge in [0.1, 0.15) is 0 Å². The van der Waals surface area contributed by atoms with Crippen LogP contribution in [0.1, 0.15) is 35.2 Å². The topological polar surface area (TPSA) is 49.6 Å². The van der Waals surface area contributed by atoms with Crippen molar-refractivity contribution >= 4 is 11.6 Å². The molecule has 1 aromatic rings. The summed E-state index contributed by atoms with van der Waals surface area (Å²) in [6.45, 7) is 5.83. The van der Waals surface area contributed by atoms with E-state index in [4.69, 9.17) is 5.73 Å². The average Bonchev–Trinajstić information content (AvgIpc) is 2.46. The average molecular weight is 273 g/mol. The number of carbonyl (C=O) groups is 1. The smallest absolute Gasteiger partial charge is 0.256 e. The summed E-state index contributed by atoms with van der Waals surface area (Å²) >= 11 is 0. The standard InChI is InChI=1S/C16H23N3O/c1-12-5-4-7-14(17)15(12)16(20)19-10-9-18-8-3-2-6-13(18)11-19/h4-5,7,13H,2-3,6,8-11,17H2,1H3. The first kappa shape index (κ1) is 13.4. The largest absolute Gasteiger partial charge is 0.398 e. The fourth-order valence-electron chi connectivity index (χ4n) is 3.48. The summed E-state index contributed by atoms with van der Waals surface area (Å²) in [7, 11) is 0. The lowest BCUT2D eigenvalue weighted by atomic mass is 9.98. The molecule has 0 bridgehead atoms. The summed E-state index contributed by atoms with van der Waals surface area (Å²) in [5.74, 6) is 0.103. The fourth-order valence-corrected chi connectivity index (χ4v) is 3.48. The van der Waals surface area contributed by atoms with Gasteiger partial charge in [0.05, 0.1) is 5.56 Å². The number of carbonyl (C=O) groups excluding carboxylic acids is 1. The molecule has 0 aliphatic carbocycles. The zero-order valence-corrected chi connectivity index (χ0v) is 12.1. The SMILES string of the molecule is Cc1cccc(N)c1C(=O)N1CCN2CCCCC2C1. The van der Waals surface area contributed by atoms with Crippen molar-refractivity contribution in [3.8, 4) is 0 Å². The maximum atomic E-state index is 12.7. The number of piperidine rings is 1. The summed E-state index contributed by atoms with van der Waals surface area (Å²) in [6.07, 6.45) is 3.80. The highest BCUT2D eigenvalue weighted by molar-refractivity contribution is 6.00. The summed E-state index contributed by atoms with van der Waals surface area (Å²) < 4.78 is 0. The number of rotatable bonds is 1. The van der Waals surface area contributed by atoms with Gasteiger partial charge < -0.3 is 10.6 Å². The lowest BCUT2D eigenvalue weighted by Crippen LogP contribution is -2.56. The van der Waals surface area contributed by atoms with Crippen molar-refractivity contribution in [2.75, 3.05) is 31.9 Å². The molecule has 0 aromatic heterocycles. The third kappa shape index (κ3) is 2.40. The Bertz CT molecular complexity index is 494. The maximum absolute atomic E-state index is 12.7. The van der Waals surface area contributed by atoms with E-state index in [1.165, 1.54) is 25.8 Å². The van der Waals surface area contributed by atoms with Crippen molar-refractivity contribution in [2.45, 2.75) is 32.2 Å². The highest BCUT2D eigenvalue weighted by atomic mass is 16.2. The van der Waals surface area contributed by atoms with E-state index >= 15 is 0 Å². The summed E-state index contributed by atoms with van der Waals surface area (Å²) in [4.78, 5) is 17.3. The van der Waals surface area contributed by atoms with Crippen molar-refractivity contribution in [2.24, 2.45) is 0 Å². The Balaban J connectivity index is 1.78. The van der Waals surface area contributed by atoms with E-state index in [-0.39, 0.29) is 5.91 Å². The van der Waals surface area contributed by atoms with Crippen LogP contribution < -0.4 is 5.73 Å². The molecule has 3 rings (SSSR count). The van der Waals surface area contributed by atoms with Gasteiger partial charge >= 0.3 is 0 Å². The first-order valence-electron chi connectivity index (χ1n) is 7.55. The Morgan fingerprint density at radius 3 is 2.90 bits per heavy atom. The number of anilines is 1. The highest BCUT2D eigenvalue weighted by Crippen LogP contribution is 2.24. The van der Waals surface area contributed by atoms with Gasteiger partial charge in [-0.2, -0.15) is 0 Å². The van der Waals surface area contributed by atoms with Gasteiger partial charge in [-0.25, -0.2) is 0 Å². The predicted molar refractivity (Wildman–Crippen MR) is 80.7 cm³/mol. The van der Waals surface area contributed by atoms with Crippen molar-refractivity contribution in [1.29, 1.82) is 0 Å². The minimum absolute atomic E-state index is 0.103. The molecule has 2 N–H and O–H groups in total. The van der Waals surface area contributed by atoms with E-state index in [1.807, 2.05) is 30.0 Å². The molecule has 1 atom stereocenters. The van der Waals surface area contributed by atoms with Crippen LogP contribution in [-0.4, -0.2) is 47.9 Å². The Hall–Kier alpha value is -1.55. The molecule has 1 amide bonds. The number of hydrogen-bond acceptors (Lipinski definition) is 3. The molecule has 0 spiro atoms. The van der Waals surface area contributed by atoms with Crippen molar-refractivity contribution < 1.29 is 4.79 Å². The van der Waals surface area contributed by atoms with Gasteiger partial charge in [0, 0.05) is 31.4 Å². The van der Waals surface area contributed by atoms with Crippen molar-refractivity contribution in [3.05, 3.63) is 29.3 Å². The van der Waals surface area contributed by atoms with E-state index < -0.39 is 0 Å². The molecule has 0 radical (unpaired) electrons. The second kappa shape index (κ2) is 5.44. The first-order chi connectivity index (χ1) is 9.66. The Morgan fingerprint density at radius 2 is 2.10 bits per heavy atom. The molecule has 4 nitrogen and oxygen atoms in total. The van der Waals surface area contributed by atoms with Gasteiger partial charge in [0.25, 0.3) is 5.91 Å². The fraction of sp³-hybridized carbons (Fsp3) is 0.562. The minimum Gasteiger partial charge on any atom is -0.398 e. The third-order valence-corrected chi connectivity index (χ3v) is 4.64. The van der Waals surface area contributed by atoms with Crippen LogP contribution in [0.15, 0.2) is 18.2 Å². The van der Waals surface area contributed by atoms with Crippen LogP contribution in [0.25, 0.3) is 0 Å². The molecule has 1 unspecified atom stereocenters. The molecule has 2 aliphatic rings. The molecule has 2 saturated heterocycles. The van der Waals surface area contributed by atoms with Crippen LogP contribution in [0.4, 0.5) is 5.69 Å². The van der Waals surface area contributed by atoms with Crippen LogP contribution >= 0.6 is 0 Å². The Labute approximate surface area is 120 Å². The number of piperazine rings is 1. The zero-order chi connectivity index (χ0) is 14.1. The molecule has 2 aliphatic heterocycles. The van der Waals surface area contributed by atoms with Crippen LogP contribution in [0, 0.1) is 6.92 Å². The number of benzene rings is 1. The van der Waals surface area contributed by atoms with Crippen molar-refractivity contribution in [1.82, 2.24) is 9.80 Å². The van der Waals surface area contributed by atoms with E-state index in [1.54, 1.807) is 0 Å². The van der Waals surface area contributed by atoms with E-state index in [2.05, 4.69) is 4.90 Å². The number of nitrogens with zero attached hydrogens (tertiary/aromatic N) is 2. The van der Waals surface area contributed by atoms with E-state index in [0.717, 1.165) is 25.2 Å². The van der Waals surface area contributed by atoms with Crippen LogP contribution in [0.3, 0.4) is 0 Å². The summed E-state index contributed by atoms with van der Waals surface area (Å²) in [5.41, 5.74) is 8.27. The second-order valence-corrected chi connectivity index (χ2v) is 5.98. The summed E-state index contributed by atoms with van der Waals surface area (Å²) in [5, 5.41) is 0. The zero-order valence-electron chi connectivity index (χ0n) is 12.1. The molecule has 108 valence electrons. The molecule has 2 heterocycles. The molecule has 4 heteroatoms. The van der Waals surface area contributed by atoms with Gasteiger partial charge in [0.2, 0.25) is 0 Å². The van der Waals surface area contributed by atoms with E-state index in [0.29, 0.717) is 17.3 Å². The number of fused-ring (bicyclic) bond motifs is 1.